The van der Waals surface area contributed by atoms with E-state index < -0.39 is 6.17 Å². The lowest BCUT2D eigenvalue weighted by Gasteiger charge is -2.32. The zero-order chi connectivity index (χ0) is 16.9. The van der Waals surface area contributed by atoms with Crippen LogP contribution in [0.1, 0.15) is 38.2 Å². The zero-order valence-corrected chi connectivity index (χ0v) is 14.2. The maximum atomic E-state index is 13.6. The van der Waals surface area contributed by atoms with Crippen LogP contribution in [-0.4, -0.2) is 28.8 Å². The molecule has 0 spiro atoms. The van der Waals surface area contributed by atoms with Gasteiger partial charge in [0, 0.05) is 32.0 Å². The number of hydrogen-bond acceptors (Lipinski definition) is 3. The fourth-order valence-corrected chi connectivity index (χ4v) is 2.61. The van der Waals surface area contributed by atoms with Crippen LogP contribution in [-0.2, 0) is 6.54 Å². The van der Waals surface area contributed by atoms with Crippen LogP contribution in [0.4, 0.5) is 4.39 Å². The van der Waals surface area contributed by atoms with Gasteiger partial charge in [-0.2, -0.15) is 0 Å². The van der Waals surface area contributed by atoms with Gasteiger partial charge in [-0.05, 0) is 11.0 Å². The molecule has 0 radical (unpaired) electrons. The maximum absolute atomic E-state index is 13.6. The van der Waals surface area contributed by atoms with Crippen LogP contribution in [0.15, 0.2) is 42.7 Å². The predicted molar refractivity (Wildman–Crippen MR) is 91.9 cm³/mol. The number of alkyl halides is 1. The molecule has 4 nitrogen and oxygen atoms in total. The number of hydrogen-bond donors (Lipinski definition) is 2. The van der Waals surface area contributed by atoms with Crippen molar-refractivity contribution in [1.82, 2.24) is 14.9 Å². The van der Waals surface area contributed by atoms with Crippen molar-refractivity contribution in [2.45, 2.75) is 39.5 Å². The van der Waals surface area contributed by atoms with E-state index in [1.165, 1.54) is 5.56 Å². The molecular formula is C18H27FN4. The highest BCUT2D eigenvalue weighted by Gasteiger charge is 2.30. The number of nitrogens with zero attached hydrogens (tertiary/aromatic N) is 2. The van der Waals surface area contributed by atoms with Crippen molar-refractivity contribution in [3.05, 3.63) is 54.1 Å². The summed E-state index contributed by atoms with van der Waals surface area (Å²) >= 11 is 0. The highest BCUT2D eigenvalue weighted by molar-refractivity contribution is 5.16. The van der Waals surface area contributed by atoms with Crippen LogP contribution in [0.3, 0.4) is 0 Å². The quantitative estimate of drug-likeness (QED) is 0.825. The number of aromatic nitrogens is 2. The Hall–Kier alpha value is -1.72. The molecule has 0 amide bonds. The Balaban J connectivity index is 2.21. The van der Waals surface area contributed by atoms with Gasteiger partial charge in [0.2, 0.25) is 0 Å². The highest BCUT2D eigenvalue weighted by atomic mass is 19.1. The van der Waals surface area contributed by atoms with Gasteiger partial charge in [0.25, 0.3) is 0 Å². The molecule has 0 saturated heterocycles. The Morgan fingerprint density at radius 1 is 1.26 bits per heavy atom. The number of nitrogens with two attached hydrogens (primary N) is 1. The summed E-state index contributed by atoms with van der Waals surface area (Å²) in [6.45, 7) is 7.39. The highest BCUT2D eigenvalue weighted by Crippen LogP contribution is 2.32. The zero-order valence-electron chi connectivity index (χ0n) is 14.2. The molecule has 0 aliphatic rings. The minimum absolute atomic E-state index is 0.0301. The van der Waals surface area contributed by atoms with Crippen molar-refractivity contribution in [3.8, 4) is 0 Å². The van der Waals surface area contributed by atoms with E-state index in [1.54, 1.807) is 6.20 Å². The molecule has 0 saturated carbocycles. The van der Waals surface area contributed by atoms with Gasteiger partial charge < -0.3 is 15.6 Å². The minimum Gasteiger partial charge on any atom is -0.329 e. The maximum Gasteiger partial charge on any atom is 0.126 e. The van der Waals surface area contributed by atoms with Gasteiger partial charge >= 0.3 is 0 Å². The molecule has 1 heterocycles. The summed E-state index contributed by atoms with van der Waals surface area (Å²) in [6.07, 6.45) is 2.73. The number of halogens is 1. The number of nitrogens with one attached hydrogen (secondary N) is 1. The predicted octanol–water partition coefficient (Wildman–Crippen LogP) is 2.91. The fraction of sp³-hybridized carbons (Fsp3) is 0.500. The smallest absolute Gasteiger partial charge is 0.126 e. The van der Waals surface area contributed by atoms with E-state index in [0.717, 1.165) is 12.4 Å². The van der Waals surface area contributed by atoms with E-state index in [4.69, 9.17) is 5.73 Å². The third-order valence-corrected chi connectivity index (χ3v) is 3.87. The van der Waals surface area contributed by atoms with Crippen molar-refractivity contribution in [2.24, 2.45) is 11.1 Å². The number of imidazole rings is 1. The molecule has 0 aliphatic carbocycles. The summed E-state index contributed by atoms with van der Waals surface area (Å²) in [5, 5.41) is 3.30. The third-order valence-electron chi connectivity index (χ3n) is 3.87. The number of benzene rings is 1. The molecule has 0 aliphatic heterocycles. The first-order valence-corrected chi connectivity index (χ1v) is 8.04. The summed E-state index contributed by atoms with van der Waals surface area (Å²) in [6, 6.07) is 10.2. The SMILES string of the molecule is CC(C)(C)[C@@H](NC[C@@H](F)CN)c1nccn1Cc1ccccc1. The van der Waals surface area contributed by atoms with Crippen molar-refractivity contribution in [1.29, 1.82) is 0 Å². The van der Waals surface area contributed by atoms with Gasteiger partial charge in [0.15, 0.2) is 0 Å². The first-order valence-electron chi connectivity index (χ1n) is 8.04. The Bertz CT molecular complexity index is 589. The lowest BCUT2D eigenvalue weighted by molar-refractivity contribution is 0.227. The van der Waals surface area contributed by atoms with Crippen LogP contribution >= 0.6 is 0 Å². The second-order valence-corrected chi connectivity index (χ2v) is 6.94. The van der Waals surface area contributed by atoms with Gasteiger partial charge in [-0.3, -0.25) is 0 Å². The molecular weight excluding hydrogens is 291 g/mol. The molecule has 126 valence electrons. The van der Waals surface area contributed by atoms with Gasteiger partial charge in [-0.25, -0.2) is 9.37 Å². The molecule has 23 heavy (non-hydrogen) atoms. The number of rotatable bonds is 7. The average molecular weight is 318 g/mol. The van der Waals surface area contributed by atoms with Crippen molar-refractivity contribution < 1.29 is 4.39 Å². The average Bonchev–Trinajstić information content (AvgIpc) is 2.95. The Morgan fingerprint density at radius 3 is 2.57 bits per heavy atom. The molecule has 1 aromatic carbocycles. The van der Waals surface area contributed by atoms with Crippen LogP contribution in [0.25, 0.3) is 0 Å². The molecule has 0 fully saturated rings. The molecule has 1 aromatic heterocycles. The lowest BCUT2D eigenvalue weighted by atomic mass is 9.86. The van der Waals surface area contributed by atoms with E-state index in [0.29, 0.717) is 0 Å². The van der Waals surface area contributed by atoms with E-state index in [-0.39, 0.29) is 24.5 Å². The lowest BCUT2D eigenvalue weighted by Crippen LogP contribution is -2.39. The molecule has 0 unspecified atom stereocenters. The van der Waals surface area contributed by atoms with Gasteiger partial charge in [0.1, 0.15) is 12.0 Å². The van der Waals surface area contributed by atoms with Crippen molar-refractivity contribution in [3.63, 3.8) is 0 Å². The van der Waals surface area contributed by atoms with Crippen molar-refractivity contribution in [2.75, 3.05) is 13.1 Å². The van der Waals surface area contributed by atoms with Gasteiger partial charge in [0.05, 0.1) is 6.04 Å². The van der Waals surface area contributed by atoms with Gasteiger partial charge in [-0.15, -0.1) is 0 Å². The summed E-state index contributed by atoms with van der Waals surface area (Å²) in [7, 11) is 0. The standard InChI is InChI=1S/C18H27FN4/c1-18(2,3)16(22-12-15(19)11-20)17-21-9-10-23(17)13-14-7-5-4-6-8-14/h4-10,15-16,22H,11-13,20H2,1-3H3/t15-,16-/m0/s1. The molecule has 2 aromatic rings. The minimum atomic E-state index is -1.04. The summed E-state index contributed by atoms with van der Waals surface area (Å²) < 4.78 is 15.7. The van der Waals surface area contributed by atoms with Gasteiger partial charge in [-0.1, -0.05) is 51.1 Å². The van der Waals surface area contributed by atoms with E-state index in [2.05, 4.69) is 47.8 Å². The molecule has 0 bridgehead atoms. The van der Waals surface area contributed by atoms with E-state index >= 15 is 0 Å². The largest absolute Gasteiger partial charge is 0.329 e. The summed E-state index contributed by atoms with van der Waals surface area (Å²) in [5.74, 6) is 0.922. The summed E-state index contributed by atoms with van der Waals surface area (Å²) in [4.78, 5) is 4.53. The second kappa shape index (κ2) is 7.70. The Labute approximate surface area is 137 Å². The van der Waals surface area contributed by atoms with E-state index in [1.807, 2.05) is 24.4 Å². The third kappa shape index (κ3) is 4.88. The first kappa shape index (κ1) is 17.6. The van der Waals surface area contributed by atoms with Crippen LogP contribution in [0, 0.1) is 5.41 Å². The van der Waals surface area contributed by atoms with Crippen LogP contribution in [0.2, 0.25) is 0 Å². The molecule has 2 atom stereocenters. The molecule has 3 N–H and O–H groups in total. The monoisotopic (exact) mass is 318 g/mol. The Morgan fingerprint density at radius 2 is 1.96 bits per heavy atom. The molecule has 2 rings (SSSR count). The second-order valence-electron chi connectivity index (χ2n) is 6.94. The fourth-order valence-electron chi connectivity index (χ4n) is 2.61. The normalized spacial score (nSPS) is 14.7. The van der Waals surface area contributed by atoms with Crippen molar-refractivity contribution >= 4 is 0 Å². The summed E-state index contributed by atoms with van der Waals surface area (Å²) in [5.41, 5.74) is 6.51. The Kier molecular flexibility index (Phi) is 5.91. The van der Waals surface area contributed by atoms with Crippen LogP contribution in [0.5, 0.6) is 0 Å². The first-order chi connectivity index (χ1) is 10.9. The molecule has 5 heteroatoms. The van der Waals surface area contributed by atoms with E-state index in [9.17, 15) is 4.39 Å². The van der Waals surface area contributed by atoms with Crippen LogP contribution < -0.4 is 11.1 Å². The topological polar surface area (TPSA) is 55.9 Å².